The maximum atomic E-state index is 12.1. The molecule has 94 valence electrons. The largest absolute Gasteiger partial charge is 0.392 e. The minimum atomic E-state index is -0.479. The lowest BCUT2D eigenvalue weighted by atomic mass is 9.97. The molecular weight excluding hydrogens is 232 g/mol. The molecule has 0 aromatic carbocycles. The van der Waals surface area contributed by atoms with E-state index >= 15 is 0 Å². The average Bonchev–Trinajstić information content (AvgIpc) is 3.14. The van der Waals surface area contributed by atoms with E-state index in [9.17, 15) is 4.79 Å². The molecule has 0 spiro atoms. The van der Waals surface area contributed by atoms with Gasteiger partial charge < -0.3 is 11.1 Å². The highest BCUT2D eigenvalue weighted by Crippen LogP contribution is 2.49. The van der Waals surface area contributed by atoms with Crippen molar-refractivity contribution in [2.75, 3.05) is 6.54 Å². The van der Waals surface area contributed by atoms with Crippen LogP contribution < -0.4 is 11.1 Å². The zero-order valence-corrected chi connectivity index (χ0v) is 10.9. The Morgan fingerprint density at radius 2 is 1.82 bits per heavy atom. The van der Waals surface area contributed by atoms with Crippen molar-refractivity contribution in [3.05, 3.63) is 0 Å². The fourth-order valence-electron chi connectivity index (χ4n) is 2.86. The highest BCUT2D eigenvalue weighted by atomic mass is 32.1. The molecule has 3 saturated carbocycles. The van der Waals surface area contributed by atoms with Crippen molar-refractivity contribution in [2.45, 2.75) is 38.5 Å². The van der Waals surface area contributed by atoms with Gasteiger partial charge in [0.1, 0.15) is 0 Å². The average molecular weight is 252 g/mol. The Kier molecular flexibility index (Phi) is 2.65. The molecule has 1 amide bonds. The quantitative estimate of drug-likeness (QED) is 0.706. The lowest BCUT2D eigenvalue weighted by molar-refractivity contribution is -0.124. The molecule has 0 unspecified atom stereocenters. The van der Waals surface area contributed by atoms with Crippen LogP contribution in [0.2, 0.25) is 0 Å². The summed E-state index contributed by atoms with van der Waals surface area (Å²) in [6.07, 6.45) is 7.11. The lowest BCUT2D eigenvalue weighted by Gasteiger charge is -2.19. The van der Waals surface area contributed by atoms with E-state index in [0.717, 1.165) is 37.1 Å². The van der Waals surface area contributed by atoms with Crippen LogP contribution in [0.15, 0.2) is 0 Å². The van der Waals surface area contributed by atoms with E-state index in [4.69, 9.17) is 18.0 Å². The van der Waals surface area contributed by atoms with E-state index < -0.39 is 5.41 Å². The number of nitrogens with one attached hydrogen (secondary N) is 1. The van der Waals surface area contributed by atoms with Gasteiger partial charge in [-0.2, -0.15) is 0 Å². The van der Waals surface area contributed by atoms with Crippen molar-refractivity contribution < 1.29 is 4.79 Å². The summed E-state index contributed by atoms with van der Waals surface area (Å²) < 4.78 is 0. The van der Waals surface area contributed by atoms with Gasteiger partial charge in [-0.05, 0) is 56.3 Å². The first-order valence-electron chi connectivity index (χ1n) is 6.72. The number of hydrogen-bond acceptors (Lipinski definition) is 2. The summed E-state index contributed by atoms with van der Waals surface area (Å²) in [6.45, 7) is 0.846. The number of carbonyl (C=O) groups is 1. The molecule has 0 aromatic heterocycles. The number of rotatable bonds is 6. The van der Waals surface area contributed by atoms with Crippen LogP contribution in [-0.4, -0.2) is 17.4 Å². The van der Waals surface area contributed by atoms with Crippen molar-refractivity contribution >= 4 is 23.1 Å². The highest BCUT2D eigenvalue weighted by molar-refractivity contribution is 7.80. The van der Waals surface area contributed by atoms with Gasteiger partial charge in [0.2, 0.25) is 5.91 Å². The Balaban J connectivity index is 1.53. The van der Waals surface area contributed by atoms with Crippen LogP contribution in [0, 0.1) is 23.2 Å². The number of carbonyl (C=O) groups excluding carboxylic acids is 1. The molecule has 3 aliphatic carbocycles. The third-order valence-electron chi connectivity index (χ3n) is 4.61. The van der Waals surface area contributed by atoms with Gasteiger partial charge in [0.25, 0.3) is 0 Å². The summed E-state index contributed by atoms with van der Waals surface area (Å²) in [5.74, 6) is 2.56. The molecule has 17 heavy (non-hydrogen) atoms. The number of amides is 1. The number of hydrogen-bond donors (Lipinski definition) is 2. The maximum Gasteiger partial charge on any atom is 0.233 e. The Morgan fingerprint density at radius 3 is 2.18 bits per heavy atom. The van der Waals surface area contributed by atoms with E-state index in [-0.39, 0.29) is 5.91 Å². The fraction of sp³-hybridized carbons (Fsp3) is 0.846. The summed E-state index contributed by atoms with van der Waals surface area (Å²) in [6, 6.07) is 0. The second-order valence-corrected chi connectivity index (χ2v) is 6.43. The van der Waals surface area contributed by atoms with Gasteiger partial charge in [0.15, 0.2) is 0 Å². The summed E-state index contributed by atoms with van der Waals surface area (Å²) in [5.41, 5.74) is 5.18. The highest BCUT2D eigenvalue weighted by Gasteiger charge is 2.53. The van der Waals surface area contributed by atoms with Crippen LogP contribution >= 0.6 is 12.2 Å². The normalized spacial score (nSPS) is 25.7. The van der Waals surface area contributed by atoms with E-state index in [0.29, 0.717) is 4.99 Å². The van der Waals surface area contributed by atoms with Crippen molar-refractivity contribution in [2.24, 2.45) is 28.9 Å². The monoisotopic (exact) mass is 252 g/mol. The molecule has 3 rings (SSSR count). The first-order chi connectivity index (χ1) is 8.13. The van der Waals surface area contributed by atoms with Crippen molar-refractivity contribution in [1.82, 2.24) is 5.32 Å². The second kappa shape index (κ2) is 3.94. The molecule has 3 nitrogen and oxygen atoms in total. The van der Waals surface area contributed by atoms with Crippen LogP contribution in [-0.2, 0) is 4.79 Å². The zero-order valence-electron chi connectivity index (χ0n) is 10.1. The molecule has 4 heteroatoms. The lowest BCUT2D eigenvalue weighted by Crippen LogP contribution is -2.42. The smallest absolute Gasteiger partial charge is 0.233 e. The summed E-state index contributed by atoms with van der Waals surface area (Å²) in [4.78, 5) is 12.5. The van der Waals surface area contributed by atoms with E-state index in [1.807, 2.05) is 0 Å². The number of nitrogens with two attached hydrogens (primary N) is 1. The molecule has 3 aliphatic rings. The van der Waals surface area contributed by atoms with Gasteiger partial charge in [0, 0.05) is 6.54 Å². The zero-order chi connectivity index (χ0) is 12.0. The topological polar surface area (TPSA) is 55.1 Å². The summed E-state index contributed by atoms with van der Waals surface area (Å²) in [7, 11) is 0. The molecule has 0 bridgehead atoms. The molecule has 0 radical (unpaired) electrons. The molecule has 0 saturated heterocycles. The summed E-state index contributed by atoms with van der Waals surface area (Å²) in [5, 5.41) is 3.10. The van der Waals surface area contributed by atoms with E-state index in [2.05, 4.69) is 5.32 Å². The predicted octanol–water partition coefficient (Wildman–Crippen LogP) is 1.61. The van der Waals surface area contributed by atoms with Crippen LogP contribution in [0.5, 0.6) is 0 Å². The Labute approximate surface area is 108 Å². The third kappa shape index (κ3) is 2.19. The van der Waals surface area contributed by atoms with Crippen molar-refractivity contribution in [3.63, 3.8) is 0 Å². The van der Waals surface area contributed by atoms with E-state index in [1.54, 1.807) is 0 Å². The minimum Gasteiger partial charge on any atom is -0.392 e. The molecule has 0 aliphatic heterocycles. The van der Waals surface area contributed by atoms with Crippen molar-refractivity contribution in [3.8, 4) is 0 Å². The van der Waals surface area contributed by atoms with E-state index in [1.165, 1.54) is 25.7 Å². The van der Waals surface area contributed by atoms with Gasteiger partial charge in [0.05, 0.1) is 10.4 Å². The van der Waals surface area contributed by atoms with Crippen LogP contribution in [0.1, 0.15) is 38.5 Å². The molecule has 0 atom stereocenters. The van der Waals surface area contributed by atoms with Gasteiger partial charge in [-0.3, -0.25) is 4.79 Å². The van der Waals surface area contributed by atoms with Gasteiger partial charge in [-0.15, -0.1) is 0 Å². The second-order valence-electron chi connectivity index (χ2n) is 6.00. The van der Waals surface area contributed by atoms with Gasteiger partial charge in [-0.25, -0.2) is 0 Å². The van der Waals surface area contributed by atoms with Gasteiger partial charge in [-0.1, -0.05) is 12.2 Å². The molecule has 0 heterocycles. The standard InChI is InChI=1S/C13H20N2OS/c14-11(17)13(5-6-13)12(16)15-7-10(8-1-2-8)9-3-4-9/h8-10H,1-7H2,(H2,14,17)(H,15,16). The van der Waals surface area contributed by atoms with Crippen LogP contribution in [0.25, 0.3) is 0 Å². The fourth-order valence-corrected chi connectivity index (χ4v) is 3.15. The van der Waals surface area contributed by atoms with Crippen LogP contribution in [0.4, 0.5) is 0 Å². The molecule has 3 N–H and O–H groups in total. The first kappa shape index (κ1) is 11.5. The first-order valence-corrected chi connectivity index (χ1v) is 7.12. The SMILES string of the molecule is NC(=S)C1(C(=O)NCC(C2CC2)C2CC2)CC1. The predicted molar refractivity (Wildman–Crippen MR) is 70.4 cm³/mol. The molecular formula is C13H20N2OS. The summed E-state index contributed by atoms with van der Waals surface area (Å²) >= 11 is 5.00. The molecule has 0 aromatic rings. The molecule has 3 fully saturated rings. The Morgan fingerprint density at radius 1 is 1.29 bits per heavy atom. The number of thiocarbonyl (C=S) groups is 1. The maximum absolute atomic E-state index is 12.1. The van der Waals surface area contributed by atoms with Crippen molar-refractivity contribution in [1.29, 1.82) is 0 Å². The minimum absolute atomic E-state index is 0.0799. The van der Waals surface area contributed by atoms with Crippen LogP contribution in [0.3, 0.4) is 0 Å². The Hall–Kier alpha value is -0.640. The third-order valence-corrected chi connectivity index (χ3v) is 5.00. The van der Waals surface area contributed by atoms with Gasteiger partial charge >= 0.3 is 0 Å². The Bertz CT molecular complexity index is 344.